The molecule has 0 radical (unpaired) electrons. The maximum absolute atomic E-state index is 12.2. The SMILES string of the molecule is Cc1ccc(S(=O)(=O)NNC(=O)COc2ccc(C#N)cc2)c(C)c1. The predicted octanol–water partition coefficient (Wildman–Crippen LogP) is 1.56. The minimum absolute atomic E-state index is 0.0893. The molecule has 0 aliphatic heterocycles. The largest absolute Gasteiger partial charge is 0.484 e. The molecule has 2 N–H and O–H groups in total. The number of carbonyl (C=O) groups is 1. The normalized spacial score (nSPS) is 10.8. The second-order valence-electron chi connectivity index (χ2n) is 5.35. The molecule has 0 saturated carbocycles. The van der Waals surface area contributed by atoms with Crippen molar-refractivity contribution in [3.05, 3.63) is 59.2 Å². The molecule has 25 heavy (non-hydrogen) atoms. The van der Waals surface area contributed by atoms with Gasteiger partial charge in [-0.05, 0) is 49.7 Å². The fraction of sp³-hybridized carbons (Fsp3) is 0.176. The predicted molar refractivity (Wildman–Crippen MR) is 91.0 cm³/mol. The van der Waals surface area contributed by atoms with Crippen LogP contribution in [0.15, 0.2) is 47.4 Å². The van der Waals surface area contributed by atoms with E-state index < -0.39 is 15.9 Å². The highest BCUT2D eigenvalue weighted by molar-refractivity contribution is 7.89. The van der Waals surface area contributed by atoms with Crippen LogP contribution < -0.4 is 15.0 Å². The molecule has 8 heteroatoms. The van der Waals surface area contributed by atoms with Crippen LogP contribution in [0.25, 0.3) is 0 Å². The van der Waals surface area contributed by atoms with Crippen LogP contribution in [0.2, 0.25) is 0 Å². The van der Waals surface area contributed by atoms with E-state index in [4.69, 9.17) is 10.00 Å². The summed E-state index contributed by atoms with van der Waals surface area (Å²) in [5, 5.41) is 8.70. The molecule has 2 aromatic rings. The Kier molecular flexibility index (Phi) is 5.75. The number of amides is 1. The van der Waals surface area contributed by atoms with Crippen molar-refractivity contribution in [2.45, 2.75) is 18.7 Å². The van der Waals surface area contributed by atoms with Gasteiger partial charge in [-0.1, -0.05) is 17.7 Å². The van der Waals surface area contributed by atoms with E-state index in [-0.39, 0.29) is 11.5 Å². The van der Waals surface area contributed by atoms with Crippen molar-refractivity contribution in [1.29, 1.82) is 5.26 Å². The van der Waals surface area contributed by atoms with E-state index in [1.165, 1.54) is 6.07 Å². The van der Waals surface area contributed by atoms with E-state index in [2.05, 4.69) is 5.43 Å². The van der Waals surface area contributed by atoms with E-state index in [9.17, 15) is 13.2 Å². The van der Waals surface area contributed by atoms with Gasteiger partial charge in [-0.25, -0.2) is 8.42 Å². The average Bonchev–Trinajstić information content (AvgIpc) is 2.58. The summed E-state index contributed by atoms with van der Waals surface area (Å²) >= 11 is 0. The Balaban J connectivity index is 1.91. The van der Waals surface area contributed by atoms with Crippen molar-refractivity contribution in [1.82, 2.24) is 10.3 Å². The average molecular weight is 359 g/mol. The smallest absolute Gasteiger partial charge is 0.272 e. The number of benzene rings is 2. The molecule has 130 valence electrons. The van der Waals surface area contributed by atoms with E-state index in [0.717, 1.165) is 5.56 Å². The first-order valence-electron chi connectivity index (χ1n) is 7.33. The number of nitrogens with one attached hydrogen (secondary N) is 2. The Hall–Kier alpha value is -2.89. The lowest BCUT2D eigenvalue weighted by molar-refractivity contribution is -0.123. The van der Waals surface area contributed by atoms with E-state index in [0.29, 0.717) is 16.9 Å². The molecule has 0 aliphatic carbocycles. The number of aryl methyl sites for hydroxylation is 2. The van der Waals surface area contributed by atoms with Crippen LogP contribution in [-0.2, 0) is 14.8 Å². The highest BCUT2D eigenvalue weighted by atomic mass is 32.2. The van der Waals surface area contributed by atoms with Crippen LogP contribution in [0.3, 0.4) is 0 Å². The summed E-state index contributed by atoms with van der Waals surface area (Å²) in [7, 11) is -3.87. The summed E-state index contributed by atoms with van der Waals surface area (Å²) in [5.74, 6) is -0.260. The lowest BCUT2D eigenvalue weighted by atomic mass is 10.2. The number of sulfonamides is 1. The van der Waals surface area contributed by atoms with Crippen LogP contribution in [0.1, 0.15) is 16.7 Å². The molecule has 2 aromatic carbocycles. The summed E-state index contributed by atoms with van der Waals surface area (Å²) in [5.41, 5.74) is 4.09. The van der Waals surface area contributed by atoms with Crippen LogP contribution >= 0.6 is 0 Å². The summed E-state index contributed by atoms with van der Waals surface area (Å²) in [4.78, 5) is 13.9. The van der Waals surface area contributed by atoms with Gasteiger partial charge in [0.15, 0.2) is 6.61 Å². The second kappa shape index (κ2) is 7.79. The Morgan fingerprint density at radius 2 is 1.84 bits per heavy atom. The molecule has 0 heterocycles. The molecular weight excluding hydrogens is 342 g/mol. The first-order valence-corrected chi connectivity index (χ1v) is 8.81. The Bertz CT molecular complexity index is 916. The van der Waals surface area contributed by atoms with E-state index in [1.807, 2.05) is 17.8 Å². The molecule has 1 amide bonds. The molecular formula is C17H17N3O4S. The van der Waals surface area contributed by atoms with Gasteiger partial charge in [-0.15, -0.1) is 4.83 Å². The molecule has 7 nitrogen and oxygen atoms in total. The summed E-state index contributed by atoms with van der Waals surface area (Å²) in [6.07, 6.45) is 0. The van der Waals surface area contributed by atoms with Gasteiger partial charge in [0.1, 0.15) is 5.75 Å². The minimum Gasteiger partial charge on any atom is -0.484 e. The highest BCUT2D eigenvalue weighted by Crippen LogP contribution is 2.15. The molecule has 0 saturated heterocycles. The van der Waals surface area contributed by atoms with Gasteiger partial charge in [0.25, 0.3) is 15.9 Å². The fourth-order valence-electron chi connectivity index (χ4n) is 2.09. The van der Waals surface area contributed by atoms with Gasteiger partial charge < -0.3 is 4.74 Å². The third-order valence-corrected chi connectivity index (χ3v) is 4.71. The van der Waals surface area contributed by atoms with Crippen molar-refractivity contribution >= 4 is 15.9 Å². The van der Waals surface area contributed by atoms with Crippen molar-refractivity contribution in [3.63, 3.8) is 0 Å². The summed E-state index contributed by atoms with van der Waals surface area (Å²) in [6, 6.07) is 13.1. The van der Waals surface area contributed by atoms with Gasteiger partial charge in [0.05, 0.1) is 16.5 Å². The molecule has 0 aromatic heterocycles. The number of hydrogen-bond acceptors (Lipinski definition) is 5. The molecule has 0 spiro atoms. The topological polar surface area (TPSA) is 108 Å². The summed E-state index contributed by atoms with van der Waals surface area (Å²) < 4.78 is 29.7. The van der Waals surface area contributed by atoms with Crippen molar-refractivity contribution < 1.29 is 17.9 Å². The van der Waals surface area contributed by atoms with Crippen LogP contribution in [0.5, 0.6) is 5.75 Å². The van der Waals surface area contributed by atoms with Gasteiger partial charge in [-0.2, -0.15) is 5.26 Å². The molecule has 0 atom stereocenters. The molecule has 0 bridgehead atoms. The number of ether oxygens (including phenoxy) is 1. The minimum atomic E-state index is -3.87. The van der Waals surface area contributed by atoms with E-state index >= 15 is 0 Å². The number of nitrogens with zero attached hydrogens (tertiary/aromatic N) is 1. The quantitative estimate of drug-likeness (QED) is 0.761. The van der Waals surface area contributed by atoms with Gasteiger partial charge in [0, 0.05) is 0 Å². The molecule has 2 rings (SSSR count). The van der Waals surface area contributed by atoms with Gasteiger partial charge in [0.2, 0.25) is 0 Å². The first kappa shape index (κ1) is 18.4. The maximum atomic E-state index is 12.2. The van der Waals surface area contributed by atoms with Crippen molar-refractivity contribution in [2.75, 3.05) is 6.61 Å². The lowest BCUT2D eigenvalue weighted by Crippen LogP contribution is -2.43. The first-order chi connectivity index (χ1) is 11.8. The standard InChI is InChI=1S/C17H17N3O4S/c1-12-3-8-16(13(2)9-12)25(22,23)20-19-17(21)11-24-15-6-4-14(10-18)5-7-15/h3-9,20H,11H2,1-2H3,(H,19,21). The zero-order valence-corrected chi connectivity index (χ0v) is 14.6. The van der Waals surface area contributed by atoms with Crippen LogP contribution in [-0.4, -0.2) is 20.9 Å². The number of hydrogen-bond donors (Lipinski definition) is 2. The zero-order valence-electron chi connectivity index (χ0n) is 13.7. The number of nitriles is 1. The Morgan fingerprint density at radius 1 is 1.16 bits per heavy atom. The monoisotopic (exact) mass is 359 g/mol. The maximum Gasteiger partial charge on any atom is 0.272 e. The third-order valence-electron chi connectivity index (χ3n) is 3.30. The van der Waals surface area contributed by atoms with Gasteiger partial charge in [-0.3, -0.25) is 10.2 Å². The van der Waals surface area contributed by atoms with Crippen molar-refractivity contribution in [2.24, 2.45) is 0 Å². The highest BCUT2D eigenvalue weighted by Gasteiger charge is 2.17. The van der Waals surface area contributed by atoms with Crippen molar-refractivity contribution in [3.8, 4) is 11.8 Å². The van der Waals surface area contributed by atoms with E-state index in [1.54, 1.807) is 43.3 Å². The zero-order chi connectivity index (χ0) is 18.4. The Morgan fingerprint density at radius 3 is 2.44 bits per heavy atom. The number of hydrazine groups is 1. The summed E-state index contributed by atoms with van der Waals surface area (Å²) in [6.45, 7) is 3.16. The van der Waals surface area contributed by atoms with Crippen LogP contribution in [0.4, 0.5) is 0 Å². The molecule has 0 fully saturated rings. The third kappa shape index (κ3) is 5.04. The number of rotatable bonds is 6. The van der Waals surface area contributed by atoms with Gasteiger partial charge >= 0.3 is 0 Å². The second-order valence-corrected chi connectivity index (χ2v) is 7.00. The van der Waals surface area contributed by atoms with Crippen LogP contribution in [0, 0.1) is 25.2 Å². The molecule has 0 unspecified atom stereocenters. The lowest BCUT2D eigenvalue weighted by Gasteiger charge is -2.11. The fourth-order valence-corrected chi connectivity index (χ4v) is 3.18. The number of carbonyl (C=O) groups excluding carboxylic acids is 1. The molecule has 0 aliphatic rings. The Labute approximate surface area is 146 Å².